The molecule has 1 heterocycles. The first-order valence-corrected chi connectivity index (χ1v) is 6.41. The van der Waals surface area contributed by atoms with Gasteiger partial charge in [0.2, 0.25) is 0 Å². The van der Waals surface area contributed by atoms with Gasteiger partial charge in [0.05, 0.1) is 6.04 Å². The molecule has 0 saturated heterocycles. The zero-order valence-electron chi connectivity index (χ0n) is 11.4. The SMILES string of the molecule is CCC(NC(=O)c1cc(C)on1)c1ccc(C)cc1. The summed E-state index contributed by atoms with van der Waals surface area (Å²) in [5.41, 5.74) is 2.63. The van der Waals surface area contributed by atoms with E-state index in [1.807, 2.05) is 38.1 Å². The van der Waals surface area contributed by atoms with E-state index in [0.717, 1.165) is 12.0 Å². The van der Waals surface area contributed by atoms with Crippen LogP contribution in [0.1, 0.15) is 46.8 Å². The number of nitrogens with zero attached hydrogens (tertiary/aromatic N) is 1. The molecule has 4 heteroatoms. The van der Waals surface area contributed by atoms with Crippen LogP contribution in [-0.2, 0) is 0 Å². The first-order chi connectivity index (χ1) is 9.10. The third-order valence-electron chi connectivity index (χ3n) is 3.05. The number of carbonyl (C=O) groups is 1. The topological polar surface area (TPSA) is 55.1 Å². The Hall–Kier alpha value is -2.10. The molecule has 1 aromatic carbocycles. The standard InChI is InChI=1S/C15H18N2O2/c1-4-13(12-7-5-10(2)6-8-12)16-15(18)14-9-11(3)19-17-14/h5-9,13H,4H2,1-3H3,(H,16,18). The van der Waals surface area contributed by atoms with Crippen molar-refractivity contribution >= 4 is 5.91 Å². The summed E-state index contributed by atoms with van der Waals surface area (Å²) < 4.78 is 4.91. The van der Waals surface area contributed by atoms with E-state index in [9.17, 15) is 4.79 Å². The van der Waals surface area contributed by atoms with Crippen LogP contribution in [0.15, 0.2) is 34.9 Å². The number of aromatic nitrogens is 1. The predicted molar refractivity (Wildman–Crippen MR) is 72.9 cm³/mol. The molecule has 0 aliphatic carbocycles. The molecule has 2 rings (SSSR count). The molecule has 1 atom stereocenters. The molecular formula is C15H18N2O2. The summed E-state index contributed by atoms with van der Waals surface area (Å²) in [6.45, 7) is 5.85. The maximum atomic E-state index is 12.0. The van der Waals surface area contributed by atoms with Gasteiger partial charge in [0.1, 0.15) is 5.76 Å². The van der Waals surface area contributed by atoms with Crippen LogP contribution < -0.4 is 5.32 Å². The second kappa shape index (κ2) is 5.69. The lowest BCUT2D eigenvalue weighted by Crippen LogP contribution is -2.28. The Morgan fingerprint density at radius 1 is 1.32 bits per heavy atom. The molecule has 4 nitrogen and oxygen atoms in total. The summed E-state index contributed by atoms with van der Waals surface area (Å²) >= 11 is 0. The fourth-order valence-corrected chi connectivity index (χ4v) is 1.93. The highest BCUT2D eigenvalue weighted by Crippen LogP contribution is 2.17. The lowest BCUT2D eigenvalue weighted by atomic mass is 10.0. The number of nitrogens with one attached hydrogen (secondary N) is 1. The van der Waals surface area contributed by atoms with Gasteiger partial charge in [0, 0.05) is 6.07 Å². The smallest absolute Gasteiger partial charge is 0.273 e. The zero-order valence-corrected chi connectivity index (χ0v) is 11.4. The van der Waals surface area contributed by atoms with Gasteiger partial charge in [-0.2, -0.15) is 0 Å². The quantitative estimate of drug-likeness (QED) is 0.916. The summed E-state index contributed by atoms with van der Waals surface area (Å²) in [5.74, 6) is 0.429. The van der Waals surface area contributed by atoms with Gasteiger partial charge >= 0.3 is 0 Å². The summed E-state index contributed by atoms with van der Waals surface area (Å²) in [4.78, 5) is 12.0. The lowest BCUT2D eigenvalue weighted by Gasteiger charge is -2.16. The highest BCUT2D eigenvalue weighted by molar-refractivity contribution is 5.92. The van der Waals surface area contributed by atoms with Crippen LogP contribution in [-0.4, -0.2) is 11.1 Å². The minimum atomic E-state index is -0.204. The molecule has 1 aromatic heterocycles. The van der Waals surface area contributed by atoms with E-state index >= 15 is 0 Å². The van der Waals surface area contributed by atoms with Crippen molar-refractivity contribution in [1.82, 2.24) is 10.5 Å². The number of hydrogen-bond acceptors (Lipinski definition) is 3. The van der Waals surface area contributed by atoms with Gasteiger partial charge in [0.15, 0.2) is 5.69 Å². The second-order valence-corrected chi connectivity index (χ2v) is 4.67. The Labute approximate surface area is 112 Å². The molecule has 0 spiro atoms. The minimum absolute atomic E-state index is 0.00916. The molecule has 100 valence electrons. The Morgan fingerprint density at radius 3 is 2.53 bits per heavy atom. The van der Waals surface area contributed by atoms with E-state index < -0.39 is 0 Å². The van der Waals surface area contributed by atoms with E-state index in [2.05, 4.69) is 10.5 Å². The molecule has 1 unspecified atom stereocenters. The molecule has 0 bridgehead atoms. The maximum absolute atomic E-state index is 12.0. The van der Waals surface area contributed by atoms with Crippen LogP contribution in [0.2, 0.25) is 0 Å². The van der Waals surface area contributed by atoms with Crippen LogP contribution in [0.4, 0.5) is 0 Å². The fourth-order valence-electron chi connectivity index (χ4n) is 1.93. The van der Waals surface area contributed by atoms with Crippen molar-refractivity contribution in [2.75, 3.05) is 0 Å². The molecule has 0 aliphatic rings. The summed E-state index contributed by atoms with van der Waals surface area (Å²) in [5, 5.41) is 6.69. The van der Waals surface area contributed by atoms with Crippen LogP contribution >= 0.6 is 0 Å². The van der Waals surface area contributed by atoms with Crippen molar-refractivity contribution in [2.24, 2.45) is 0 Å². The molecule has 0 fully saturated rings. The number of rotatable bonds is 4. The molecule has 0 aliphatic heterocycles. The Morgan fingerprint density at radius 2 is 2.00 bits per heavy atom. The maximum Gasteiger partial charge on any atom is 0.273 e. The van der Waals surface area contributed by atoms with Crippen molar-refractivity contribution in [3.8, 4) is 0 Å². The second-order valence-electron chi connectivity index (χ2n) is 4.67. The van der Waals surface area contributed by atoms with Crippen molar-refractivity contribution in [3.63, 3.8) is 0 Å². The first kappa shape index (κ1) is 13.3. The largest absolute Gasteiger partial charge is 0.361 e. The van der Waals surface area contributed by atoms with E-state index in [0.29, 0.717) is 11.5 Å². The molecule has 19 heavy (non-hydrogen) atoms. The van der Waals surface area contributed by atoms with Gasteiger partial charge in [-0.15, -0.1) is 0 Å². The minimum Gasteiger partial charge on any atom is -0.361 e. The van der Waals surface area contributed by atoms with Crippen molar-refractivity contribution in [3.05, 3.63) is 52.9 Å². The van der Waals surface area contributed by atoms with E-state index in [1.165, 1.54) is 5.56 Å². The average molecular weight is 258 g/mol. The molecule has 1 N–H and O–H groups in total. The lowest BCUT2D eigenvalue weighted by molar-refractivity contribution is 0.0926. The Kier molecular flexibility index (Phi) is 4.00. The van der Waals surface area contributed by atoms with Gasteiger partial charge in [-0.05, 0) is 25.8 Å². The van der Waals surface area contributed by atoms with Crippen molar-refractivity contribution in [2.45, 2.75) is 33.2 Å². The Bertz CT molecular complexity index is 558. The molecule has 2 aromatic rings. The molecule has 1 amide bonds. The number of aryl methyl sites for hydroxylation is 2. The van der Waals surface area contributed by atoms with Crippen LogP contribution in [0, 0.1) is 13.8 Å². The molecule has 0 radical (unpaired) electrons. The highest BCUT2D eigenvalue weighted by Gasteiger charge is 2.16. The van der Waals surface area contributed by atoms with Gasteiger partial charge in [0.25, 0.3) is 5.91 Å². The fraction of sp³-hybridized carbons (Fsp3) is 0.333. The molecular weight excluding hydrogens is 240 g/mol. The summed E-state index contributed by atoms with van der Waals surface area (Å²) in [6, 6.07) is 9.80. The van der Waals surface area contributed by atoms with Gasteiger partial charge in [-0.1, -0.05) is 41.9 Å². The molecule has 0 saturated carbocycles. The normalized spacial score (nSPS) is 12.2. The Balaban J connectivity index is 2.11. The number of benzene rings is 1. The van der Waals surface area contributed by atoms with E-state index in [-0.39, 0.29) is 11.9 Å². The summed E-state index contributed by atoms with van der Waals surface area (Å²) in [6.07, 6.45) is 0.825. The van der Waals surface area contributed by atoms with Crippen molar-refractivity contribution in [1.29, 1.82) is 0 Å². The monoisotopic (exact) mass is 258 g/mol. The van der Waals surface area contributed by atoms with Crippen LogP contribution in [0.25, 0.3) is 0 Å². The van der Waals surface area contributed by atoms with E-state index in [1.54, 1.807) is 13.0 Å². The zero-order chi connectivity index (χ0) is 13.8. The number of carbonyl (C=O) groups excluding carboxylic acids is 1. The van der Waals surface area contributed by atoms with Crippen LogP contribution in [0.3, 0.4) is 0 Å². The van der Waals surface area contributed by atoms with Crippen molar-refractivity contribution < 1.29 is 9.32 Å². The van der Waals surface area contributed by atoms with Gasteiger partial charge in [-0.3, -0.25) is 4.79 Å². The average Bonchev–Trinajstić information content (AvgIpc) is 2.84. The highest BCUT2D eigenvalue weighted by atomic mass is 16.5. The van der Waals surface area contributed by atoms with Gasteiger partial charge < -0.3 is 9.84 Å². The van der Waals surface area contributed by atoms with Gasteiger partial charge in [-0.25, -0.2) is 0 Å². The predicted octanol–water partition coefficient (Wildman–Crippen LogP) is 3.17. The number of amides is 1. The summed E-state index contributed by atoms with van der Waals surface area (Å²) in [7, 11) is 0. The first-order valence-electron chi connectivity index (χ1n) is 6.41. The van der Waals surface area contributed by atoms with E-state index in [4.69, 9.17) is 4.52 Å². The van der Waals surface area contributed by atoms with Crippen LogP contribution in [0.5, 0.6) is 0 Å². The third-order valence-corrected chi connectivity index (χ3v) is 3.05. The third kappa shape index (κ3) is 3.22. The number of hydrogen-bond donors (Lipinski definition) is 1.